The molecule has 2 N–H and O–H groups in total. The van der Waals surface area contributed by atoms with Crippen LogP contribution in [0.2, 0.25) is 0 Å². The highest BCUT2D eigenvalue weighted by molar-refractivity contribution is 5.79. The summed E-state index contributed by atoms with van der Waals surface area (Å²) < 4.78 is 10.6. The number of nitrogens with one attached hydrogen (secondary N) is 2. The van der Waals surface area contributed by atoms with Crippen molar-refractivity contribution < 1.29 is 9.47 Å². The molecule has 0 aliphatic rings. The van der Waals surface area contributed by atoms with Crippen molar-refractivity contribution in [3.05, 3.63) is 23.8 Å². The third-order valence-corrected chi connectivity index (χ3v) is 3.56. The molecule has 0 fully saturated rings. The van der Waals surface area contributed by atoms with E-state index in [1.165, 1.54) is 6.42 Å². The van der Waals surface area contributed by atoms with Gasteiger partial charge in [0.1, 0.15) is 11.5 Å². The van der Waals surface area contributed by atoms with Gasteiger partial charge in [-0.15, -0.1) is 0 Å². The maximum atomic E-state index is 5.41. The summed E-state index contributed by atoms with van der Waals surface area (Å²) in [7, 11) is 5.10. The highest BCUT2D eigenvalue weighted by Crippen LogP contribution is 2.24. The highest BCUT2D eigenvalue weighted by atomic mass is 16.5. The summed E-state index contributed by atoms with van der Waals surface area (Å²) >= 11 is 0. The Morgan fingerprint density at radius 3 is 2.43 bits per heavy atom. The van der Waals surface area contributed by atoms with Crippen molar-refractivity contribution in [2.24, 2.45) is 10.4 Å². The Morgan fingerprint density at radius 2 is 1.87 bits per heavy atom. The molecule has 130 valence electrons. The van der Waals surface area contributed by atoms with Crippen LogP contribution in [-0.2, 0) is 6.54 Å². The SMILES string of the molecule is CN=C(NCCCC(C)(C)C)NCc1ccc(OC)cc1OC. The van der Waals surface area contributed by atoms with Gasteiger partial charge >= 0.3 is 0 Å². The second-order valence-corrected chi connectivity index (χ2v) is 6.69. The molecule has 0 aliphatic carbocycles. The van der Waals surface area contributed by atoms with Crippen LogP contribution in [-0.4, -0.2) is 33.8 Å². The number of hydrogen-bond acceptors (Lipinski definition) is 3. The lowest BCUT2D eigenvalue weighted by Gasteiger charge is -2.19. The number of ether oxygens (including phenoxy) is 2. The fourth-order valence-electron chi connectivity index (χ4n) is 2.22. The molecule has 0 aliphatic heterocycles. The summed E-state index contributed by atoms with van der Waals surface area (Å²) in [5.41, 5.74) is 1.43. The van der Waals surface area contributed by atoms with Gasteiger partial charge in [0.15, 0.2) is 5.96 Å². The molecule has 1 rings (SSSR count). The normalized spacial score (nSPS) is 12.0. The van der Waals surface area contributed by atoms with E-state index in [0.29, 0.717) is 12.0 Å². The standard InChI is InChI=1S/C18H31N3O2/c1-18(2,3)10-7-11-20-17(19-4)21-13-14-8-9-15(22-5)12-16(14)23-6/h8-9,12H,7,10-11,13H2,1-6H3,(H2,19,20,21). The van der Waals surface area contributed by atoms with Crippen LogP contribution >= 0.6 is 0 Å². The Morgan fingerprint density at radius 1 is 1.13 bits per heavy atom. The molecule has 0 bridgehead atoms. The average Bonchev–Trinajstić information content (AvgIpc) is 2.53. The molecule has 0 heterocycles. The van der Waals surface area contributed by atoms with Gasteiger partial charge in [0.05, 0.1) is 14.2 Å². The highest BCUT2D eigenvalue weighted by Gasteiger charge is 2.09. The summed E-state index contributed by atoms with van der Waals surface area (Å²) in [6.45, 7) is 8.34. The number of guanidine groups is 1. The van der Waals surface area contributed by atoms with E-state index in [0.717, 1.165) is 36.0 Å². The maximum Gasteiger partial charge on any atom is 0.191 e. The average molecular weight is 321 g/mol. The van der Waals surface area contributed by atoms with Gasteiger partial charge < -0.3 is 20.1 Å². The van der Waals surface area contributed by atoms with Crippen molar-refractivity contribution in [3.63, 3.8) is 0 Å². The van der Waals surface area contributed by atoms with Crippen molar-refractivity contribution in [2.75, 3.05) is 27.8 Å². The Kier molecular flexibility index (Phi) is 7.72. The van der Waals surface area contributed by atoms with E-state index in [1.54, 1.807) is 21.3 Å². The second-order valence-electron chi connectivity index (χ2n) is 6.69. The molecule has 0 radical (unpaired) electrons. The van der Waals surface area contributed by atoms with Crippen molar-refractivity contribution in [2.45, 2.75) is 40.2 Å². The minimum absolute atomic E-state index is 0.370. The zero-order chi connectivity index (χ0) is 17.3. The maximum absolute atomic E-state index is 5.41. The molecule has 0 aromatic heterocycles. The molecule has 23 heavy (non-hydrogen) atoms. The fraction of sp³-hybridized carbons (Fsp3) is 0.611. The van der Waals surface area contributed by atoms with Crippen molar-refractivity contribution in [1.29, 1.82) is 0 Å². The first-order valence-corrected chi connectivity index (χ1v) is 8.05. The molecular weight excluding hydrogens is 290 g/mol. The van der Waals surface area contributed by atoms with Crippen molar-refractivity contribution in [1.82, 2.24) is 10.6 Å². The number of benzene rings is 1. The number of aliphatic imine (C=N–C) groups is 1. The Bertz CT molecular complexity index is 507. The van der Waals surface area contributed by atoms with E-state index in [4.69, 9.17) is 9.47 Å². The molecule has 1 aromatic rings. The van der Waals surface area contributed by atoms with Crippen LogP contribution in [0.4, 0.5) is 0 Å². The Balaban J connectivity index is 2.49. The lowest BCUT2D eigenvalue weighted by atomic mass is 9.91. The van der Waals surface area contributed by atoms with Crippen LogP contribution in [0.3, 0.4) is 0 Å². The number of methoxy groups -OCH3 is 2. The van der Waals surface area contributed by atoms with Crippen molar-refractivity contribution in [3.8, 4) is 11.5 Å². The summed E-state index contributed by atoms with van der Waals surface area (Å²) in [6, 6.07) is 5.81. The van der Waals surface area contributed by atoms with Gasteiger partial charge in [-0.05, 0) is 30.4 Å². The molecule has 5 nitrogen and oxygen atoms in total. The number of nitrogens with zero attached hydrogens (tertiary/aromatic N) is 1. The third-order valence-electron chi connectivity index (χ3n) is 3.56. The molecule has 0 unspecified atom stereocenters. The van der Waals surface area contributed by atoms with Crippen LogP contribution < -0.4 is 20.1 Å². The second kappa shape index (κ2) is 9.28. The third kappa shape index (κ3) is 7.26. The van der Waals surface area contributed by atoms with Gasteiger partial charge in [0.2, 0.25) is 0 Å². The molecule has 0 spiro atoms. The first-order chi connectivity index (χ1) is 10.9. The Hall–Kier alpha value is -1.91. The first-order valence-electron chi connectivity index (χ1n) is 8.05. The largest absolute Gasteiger partial charge is 0.497 e. The van der Waals surface area contributed by atoms with Gasteiger partial charge in [-0.25, -0.2) is 0 Å². The number of rotatable bonds is 7. The van der Waals surface area contributed by atoms with Gasteiger partial charge in [-0.1, -0.05) is 20.8 Å². The van der Waals surface area contributed by atoms with Crippen LogP contribution in [0.15, 0.2) is 23.2 Å². The van der Waals surface area contributed by atoms with E-state index in [-0.39, 0.29) is 0 Å². The monoisotopic (exact) mass is 321 g/mol. The van der Waals surface area contributed by atoms with E-state index in [2.05, 4.69) is 36.4 Å². The van der Waals surface area contributed by atoms with E-state index >= 15 is 0 Å². The Labute approximate surface area is 140 Å². The van der Waals surface area contributed by atoms with Gasteiger partial charge in [0.25, 0.3) is 0 Å². The molecular formula is C18H31N3O2. The predicted molar refractivity (Wildman–Crippen MR) is 96.4 cm³/mol. The zero-order valence-electron chi connectivity index (χ0n) is 15.3. The van der Waals surface area contributed by atoms with Gasteiger partial charge in [0, 0.05) is 31.8 Å². The molecule has 0 saturated carbocycles. The molecule has 0 saturated heterocycles. The zero-order valence-corrected chi connectivity index (χ0v) is 15.3. The van der Waals surface area contributed by atoms with Gasteiger partial charge in [-0.3, -0.25) is 4.99 Å². The topological polar surface area (TPSA) is 54.9 Å². The van der Waals surface area contributed by atoms with Crippen LogP contribution in [0.5, 0.6) is 11.5 Å². The van der Waals surface area contributed by atoms with Crippen molar-refractivity contribution >= 4 is 5.96 Å². The molecule has 5 heteroatoms. The predicted octanol–water partition coefficient (Wildman–Crippen LogP) is 3.20. The number of hydrogen-bond donors (Lipinski definition) is 2. The molecule has 0 amide bonds. The van der Waals surface area contributed by atoms with E-state index < -0.39 is 0 Å². The summed E-state index contributed by atoms with van der Waals surface area (Å²) in [4.78, 5) is 4.26. The van der Waals surface area contributed by atoms with Crippen LogP contribution in [0.1, 0.15) is 39.2 Å². The smallest absolute Gasteiger partial charge is 0.191 e. The van der Waals surface area contributed by atoms with Gasteiger partial charge in [-0.2, -0.15) is 0 Å². The van der Waals surface area contributed by atoms with E-state index in [1.807, 2.05) is 18.2 Å². The first kappa shape index (κ1) is 19.1. The lowest BCUT2D eigenvalue weighted by molar-refractivity contribution is 0.365. The summed E-state index contributed by atoms with van der Waals surface area (Å²) in [5, 5.41) is 6.66. The lowest BCUT2D eigenvalue weighted by Crippen LogP contribution is -2.37. The van der Waals surface area contributed by atoms with Crippen LogP contribution in [0, 0.1) is 5.41 Å². The molecule has 0 atom stereocenters. The summed E-state index contributed by atoms with van der Waals surface area (Å²) in [5.74, 6) is 2.40. The minimum Gasteiger partial charge on any atom is -0.497 e. The quantitative estimate of drug-likeness (QED) is 0.460. The fourth-order valence-corrected chi connectivity index (χ4v) is 2.22. The minimum atomic E-state index is 0.370. The van der Waals surface area contributed by atoms with Crippen LogP contribution in [0.25, 0.3) is 0 Å². The summed E-state index contributed by atoms with van der Waals surface area (Å²) in [6.07, 6.45) is 2.30. The van der Waals surface area contributed by atoms with E-state index in [9.17, 15) is 0 Å². The molecule has 1 aromatic carbocycles.